The fourth-order valence-corrected chi connectivity index (χ4v) is 2.81. The monoisotopic (exact) mass is 466 g/mol. The lowest BCUT2D eigenvalue weighted by Crippen LogP contribution is -1.92. The van der Waals surface area contributed by atoms with Gasteiger partial charge in [-0.25, -0.2) is 4.39 Å². The fraction of sp³-hybridized carbons (Fsp3) is 0.143. The number of methoxy groups -OCH3 is 1. The second-order valence-corrected chi connectivity index (χ2v) is 6.19. The van der Waals surface area contributed by atoms with Crippen molar-refractivity contribution in [2.24, 2.45) is 0 Å². The molecule has 0 spiro atoms. The third-order valence-corrected chi connectivity index (χ3v) is 4.46. The van der Waals surface area contributed by atoms with E-state index in [-0.39, 0.29) is 5.75 Å². The van der Waals surface area contributed by atoms with Crippen LogP contribution in [0, 0.1) is 5.82 Å². The Morgan fingerprint density at radius 2 is 1.65 bits per heavy atom. The van der Waals surface area contributed by atoms with Crippen molar-refractivity contribution in [3.8, 4) is 17.2 Å². The maximum Gasteiger partial charge on any atom is 0.166 e. The molecule has 0 bridgehead atoms. The predicted octanol–water partition coefficient (Wildman–Crippen LogP) is 6.05. The van der Waals surface area contributed by atoms with Crippen LogP contribution in [0.15, 0.2) is 39.3 Å². The molecule has 0 saturated carbocycles. The SMILES string of the molecule is COc1cc(Br)c(Oc2ccc(CBr)cc2F)cc1Br. The lowest BCUT2D eigenvalue weighted by Gasteiger charge is -2.12. The number of alkyl halides is 1. The third kappa shape index (κ3) is 3.54. The molecule has 2 nitrogen and oxygen atoms in total. The molecule has 2 aromatic rings. The van der Waals surface area contributed by atoms with Crippen molar-refractivity contribution < 1.29 is 13.9 Å². The van der Waals surface area contributed by atoms with Gasteiger partial charge in [0.15, 0.2) is 11.6 Å². The molecule has 0 aliphatic heterocycles. The van der Waals surface area contributed by atoms with Crippen LogP contribution in [0.3, 0.4) is 0 Å². The summed E-state index contributed by atoms with van der Waals surface area (Å²) >= 11 is 10.0. The highest BCUT2D eigenvalue weighted by Gasteiger charge is 2.12. The van der Waals surface area contributed by atoms with Gasteiger partial charge in [-0.1, -0.05) is 22.0 Å². The molecule has 0 atom stereocenters. The smallest absolute Gasteiger partial charge is 0.166 e. The zero-order valence-electron chi connectivity index (χ0n) is 10.4. The topological polar surface area (TPSA) is 18.5 Å². The highest BCUT2D eigenvalue weighted by molar-refractivity contribution is 9.11. The van der Waals surface area contributed by atoms with Crippen LogP contribution < -0.4 is 9.47 Å². The molecule has 106 valence electrons. The highest BCUT2D eigenvalue weighted by Crippen LogP contribution is 2.38. The summed E-state index contributed by atoms with van der Waals surface area (Å²) in [5, 5.41) is 0.599. The van der Waals surface area contributed by atoms with E-state index in [0.717, 1.165) is 10.0 Å². The summed E-state index contributed by atoms with van der Waals surface area (Å²) in [6.07, 6.45) is 0. The minimum Gasteiger partial charge on any atom is -0.496 e. The van der Waals surface area contributed by atoms with E-state index < -0.39 is 5.82 Å². The van der Waals surface area contributed by atoms with Crippen LogP contribution in [0.25, 0.3) is 0 Å². The zero-order valence-corrected chi connectivity index (χ0v) is 15.2. The molecule has 0 aromatic heterocycles. The molecule has 0 saturated heterocycles. The Morgan fingerprint density at radius 1 is 1.00 bits per heavy atom. The van der Waals surface area contributed by atoms with Gasteiger partial charge < -0.3 is 9.47 Å². The fourth-order valence-electron chi connectivity index (χ4n) is 1.57. The molecule has 0 heterocycles. The van der Waals surface area contributed by atoms with Crippen LogP contribution in [0.5, 0.6) is 17.2 Å². The zero-order chi connectivity index (χ0) is 14.7. The molecule has 0 aliphatic carbocycles. The van der Waals surface area contributed by atoms with Crippen LogP contribution in [0.4, 0.5) is 4.39 Å². The molecule has 0 radical (unpaired) electrons. The third-order valence-electron chi connectivity index (χ3n) is 2.58. The quantitative estimate of drug-likeness (QED) is 0.509. The van der Waals surface area contributed by atoms with Crippen molar-refractivity contribution in [2.75, 3.05) is 7.11 Å². The Hall–Kier alpha value is -0.590. The van der Waals surface area contributed by atoms with E-state index in [1.54, 1.807) is 31.4 Å². The van der Waals surface area contributed by atoms with Crippen molar-refractivity contribution >= 4 is 47.8 Å². The Morgan fingerprint density at radius 3 is 2.25 bits per heavy atom. The summed E-state index contributed by atoms with van der Waals surface area (Å²) in [5.41, 5.74) is 0.852. The van der Waals surface area contributed by atoms with Crippen molar-refractivity contribution in [1.82, 2.24) is 0 Å². The van der Waals surface area contributed by atoms with Gasteiger partial charge in [-0.05, 0) is 61.7 Å². The number of halogens is 4. The molecule has 0 fully saturated rings. The maximum absolute atomic E-state index is 13.9. The number of rotatable bonds is 4. The van der Waals surface area contributed by atoms with Crippen LogP contribution in [0.2, 0.25) is 0 Å². The van der Waals surface area contributed by atoms with Crippen LogP contribution in [-0.2, 0) is 5.33 Å². The number of ether oxygens (including phenoxy) is 2. The molecule has 0 amide bonds. The summed E-state index contributed by atoms with van der Waals surface area (Å²) in [4.78, 5) is 0. The first-order valence-electron chi connectivity index (χ1n) is 5.60. The van der Waals surface area contributed by atoms with E-state index in [4.69, 9.17) is 9.47 Å². The molecule has 0 unspecified atom stereocenters. The average molecular weight is 469 g/mol. The first kappa shape index (κ1) is 15.8. The minimum absolute atomic E-state index is 0.174. The molecule has 6 heteroatoms. The van der Waals surface area contributed by atoms with Crippen molar-refractivity contribution in [2.45, 2.75) is 5.33 Å². The second kappa shape index (κ2) is 6.91. The van der Waals surface area contributed by atoms with Gasteiger partial charge in [0.1, 0.15) is 11.5 Å². The van der Waals surface area contributed by atoms with Crippen LogP contribution in [0.1, 0.15) is 5.56 Å². The van der Waals surface area contributed by atoms with Gasteiger partial charge in [0.25, 0.3) is 0 Å². The Labute approximate surface area is 141 Å². The number of benzene rings is 2. The standard InChI is InChI=1S/C14H10Br3FO2/c1-19-13-5-10(17)14(6-9(13)16)20-12-3-2-8(7-15)4-11(12)18/h2-6H,7H2,1H3. The van der Waals surface area contributed by atoms with E-state index >= 15 is 0 Å². The van der Waals surface area contributed by atoms with Gasteiger partial charge in [0.2, 0.25) is 0 Å². The molecule has 20 heavy (non-hydrogen) atoms. The summed E-state index contributed by atoms with van der Waals surface area (Å²) in [5.74, 6) is 0.941. The van der Waals surface area contributed by atoms with Gasteiger partial charge >= 0.3 is 0 Å². The molecular weight excluding hydrogens is 459 g/mol. The van der Waals surface area contributed by atoms with Gasteiger partial charge in [-0.15, -0.1) is 0 Å². The summed E-state index contributed by atoms with van der Waals surface area (Å²) in [6.45, 7) is 0. The van der Waals surface area contributed by atoms with Crippen molar-refractivity contribution in [3.05, 3.63) is 50.7 Å². The minimum atomic E-state index is -0.402. The number of hydrogen-bond donors (Lipinski definition) is 0. The molecular formula is C14H10Br3FO2. The van der Waals surface area contributed by atoms with Crippen LogP contribution in [-0.4, -0.2) is 7.11 Å². The van der Waals surface area contributed by atoms with Gasteiger partial charge in [-0.3, -0.25) is 0 Å². The first-order chi connectivity index (χ1) is 9.55. The lowest BCUT2D eigenvalue weighted by molar-refractivity contribution is 0.407. The molecule has 2 aromatic carbocycles. The summed E-state index contributed by atoms with van der Waals surface area (Å²) < 4.78 is 26.1. The van der Waals surface area contributed by atoms with E-state index in [2.05, 4.69) is 47.8 Å². The molecule has 0 N–H and O–H groups in total. The maximum atomic E-state index is 13.9. The summed E-state index contributed by atoms with van der Waals surface area (Å²) in [7, 11) is 1.58. The highest BCUT2D eigenvalue weighted by atomic mass is 79.9. The largest absolute Gasteiger partial charge is 0.496 e. The van der Waals surface area contributed by atoms with E-state index in [1.807, 2.05) is 0 Å². The first-order valence-corrected chi connectivity index (χ1v) is 8.31. The Balaban J connectivity index is 2.32. The Bertz CT molecular complexity index is 632. The molecule has 0 aliphatic rings. The van der Waals surface area contributed by atoms with E-state index in [0.29, 0.717) is 21.3 Å². The van der Waals surface area contributed by atoms with Crippen molar-refractivity contribution in [3.63, 3.8) is 0 Å². The van der Waals surface area contributed by atoms with Gasteiger partial charge in [0, 0.05) is 5.33 Å². The summed E-state index contributed by atoms with van der Waals surface area (Å²) in [6, 6.07) is 8.33. The van der Waals surface area contributed by atoms with Gasteiger partial charge in [-0.2, -0.15) is 0 Å². The Kier molecular flexibility index (Phi) is 5.46. The second-order valence-electron chi connectivity index (χ2n) is 3.92. The van der Waals surface area contributed by atoms with Crippen LogP contribution >= 0.6 is 47.8 Å². The van der Waals surface area contributed by atoms with Gasteiger partial charge in [0.05, 0.1) is 16.1 Å². The van der Waals surface area contributed by atoms with E-state index in [9.17, 15) is 4.39 Å². The van der Waals surface area contributed by atoms with Crippen molar-refractivity contribution in [1.29, 1.82) is 0 Å². The number of hydrogen-bond acceptors (Lipinski definition) is 2. The lowest BCUT2D eigenvalue weighted by atomic mass is 10.2. The normalized spacial score (nSPS) is 10.4. The predicted molar refractivity (Wildman–Crippen MR) is 87.5 cm³/mol. The average Bonchev–Trinajstić information content (AvgIpc) is 2.44. The molecule has 2 rings (SSSR count). The van der Waals surface area contributed by atoms with E-state index in [1.165, 1.54) is 6.07 Å².